The van der Waals surface area contributed by atoms with Crippen LogP contribution in [0, 0.1) is 0 Å². The molecule has 3 saturated heterocycles. The monoisotopic (exact) mass is 491 g/mol. The molecule has 188 valence electrons. The summed E-state index contributed by atoms with van der Waals surface area (Å²) in [4.78, 5) is 17.2. The van der Waals surface area contributed by atoms with E-state index in [4.69, 9.17) is 9.47 Å². The Morgan fingerprint density at radius 3 is 2.38 bits per heavy atom. The van der Waals surface area contributed by atoms with Gasteiger partial charge in [-0.3, -0.25) is 0 Å². The van der Waals surface area contributed by atoms with Crippen molar-refractivity contribution in [1.29, 1.82) is 0 Å². The van der Waals surface area contributed by atoms with Crippen LogP contribution in [0.25, 0.3) is 0 Å². The SMILES string of the molecule is COCCOC(=O)N1C2CCC1CC(N1CCC3(CC1)CN(S(C)(=O)=O)Cc1ccccc13)C2. The van der Waals surface area contributed by atoms with E-state index in [1.165, 1.54) is 11.8 Å². The largest absolute Gasteiger partial charge is 0.447 e. The lowest BCUT2D eigenvalue weighted by Gasteiger charge is -2.51. The Morgan fingerprint density at radius 2 is 1.74 bits per heavy atom. The van der Waals surface area contributed by atoms with Crippen LogP contribution in [-0.4, -0.2) is 93.0 Å². The summed E-state index contributed by atoms with van der Waals surface area (Å²) in [5.74, 6) is 0. The number of hydrogen-bond donors (Lipinski definition) is 0. The minimum atomic E-state index is -3.24. The van der Waals surface area contributed by atoms with E-state index in [9.17, 15) is 13.2 Å². The number of piperidine rings is 2. The first-order valence-corrected chi connectivity index (χ1v) is 14.4. The lowest BCUT2D eigenvalue weighted by atomic mass is 9.69. The summed E-state index contributed by atoms with van der Waals surface area (Å²) < 4.78 is 37.0. The molecule has 2 unspecified atom stereocenters. The average Bonchev–Trinajstić information content (AvgIpc) is 3.08. The van der Waals surface area contributed by atoms with Crippen molar-refractivity contribution < 1.29 is 22.7 Å². The minimum absolute atomic E-state index is 0.112. The van der Waals surface area contributed by atoms with E-state index in [-0.39, 0.29) is 23.6 Å². The van der Waals surface area contributed by atoms with Crippen LogP contribution in [0.2, 0.25) is 0 Å². The number of nitrogens with zero attached hydrogens (tertiary/aromatic N) is 3. The third-order valence-corrected chi connectivity index (χ3v) is 9.78. The van der Waals surface area contributed by atoms with Crippen molar-refractivity contribution in [2.24, 2.45) is 0 Å². The predicted molar refractivity (Wildman–Crippen MR) is 129 cm³/mol. The van der Waals surface area contributed by atoms with Crippen LogP contribution < -0.4 is 0 Å². The van der Waals surface area contributed by atoms with Gasteiger partial charge in [0.05, 0.1) is 12.9 Å². The highest BCUT2D eigenvalue weighted by Gasteiger charge is 2.48. The highest BCUT2D eigenvalue weighted by molar-refractivity contribution is 7.88. The molecule has 1 aromatic rings. The van der Waals surface area contributed by atoms with Gasteiger partial charge in [0.1, 0.15) is 6.61 Å². The second-order valence-corrected chi connectivity index (χ2v) is 12.5. The van der Waals surface area contributed by atoms with E-state index in [2.05, 4.69) is 23.1 Å². The third kappa shape index (κ3) is 4.47. The first kappa shape index (κ1) is 24.0. The van der Waals surface area contributed by atoms with E-state index in [1.807, 2.05) is 11.0 Å². The van der Waals surface area contributed by atoms with Crippen LogP contribution in [-0.2, 0) is 31.5 Å². The van der Waals surface area contributed by atoms with Crippen LogP contribution in [0.3, 0.4) is 0 Å². The van der Waals surface area contributed by atoms with Crippen molar-refractivity contribution in [3.8, 4) is 0 Å². The Labute approximate surface area is 203 Å². The number of hydrogen-bond acceptors (Lipinski definition) is 6. The number of benzene rings is 1. The standard InChI is InChI=1S/C25H37N3O5S/c1-32-13-14-33-24(29)28-20-7-8-21(28)16-22(15-20)26-11-9-25(10-12-26)18-27(34(2,30)31)17-19-5-3-4-6-23(19)25/h3-6,20-22H,7-18H2,1-2H3. The Hall–Kier alpha value is -1.68. The summed E-state index contributed by atoms with van der Waals surface area (Å²) >= 11 is 0. The Bertz CT molecular complexity index is 994. The number of likely N-dealkylation sites (tertiary alicyclic amines) is 1. The fraction of sp³-hybridized carbons (Fsp3) is 0.720. The van der Waals surface area contributed by atoms with Gasteiger partial charge >= 0.3 is 6.09 Å². The van der Waals surface area contributed by atoms with Gasteiger partial charge in [-0.1, -0.05) is 24.3 Å². The molecule has 8 nitrogen and oxygen atoms in total. The van der Waals surface area contributed by atoms with E-state index in [1.54, 1.807) is 11.4 Å². The Kier molecular flexibility index (Phi) is 6.65. The van der Waals surface area contributed by atoms with Gasteiger partial charge in [-0.25, -0.2) is 13.2 Å². The summed E-state index contributed by atoms with van der Waals surface area (Å²) in [6, 6.07) is 9.37. The molecule has 9 heteroatoms. The molecule has 0 N–H and O–H groups in total. The number of carbonyl (C=O) groups excluding carboxylic acids is 1. The highest BCUT2D eigenvalue weighted by atomic mass is 32.2. The molecule has 2 bridgehead atoms. The molecule has 4 aliphatic heterocycles. The van der Waals surface area contributed by atoms with E-state index >= 15 is 0 Å². The molecule has 2 atom stereocenters. The zero-order valence-electron chi connectivity index (χ0n) is 20.3. The summed E-state index contributed by atoms with van der Waals surface area (Å²) in [5, 5.41) is 0. The number of carbonyl (C=O) groups is 1. The van der Waals surface area contributed by atoms with Crippen LogP contribution in [0.15, 0.2) is 24.3 Å². The average molecular weight is 492 g/mol. The molecule has 1 amide bonds. The van der Waals surface area contributed by atoms with Gasteiger partial charge in [-0.2, -0.15) is 4.31 Å². The molecule has 5 rings (SSSR count). The summed E-state index contributed by atoms with van der Waals surface area (Å²) in [6.07, 6.45) is 7.15. The molecule has 34 heavy (non-hydrogen) atoms. The van der Waals surface area contributed by atoms with Crippen molar-refractivity contribution >= 4 is 16.1 Å². The van der Waals surface area contributed by atoms with Crippen LogP contribution in [0.5, 0.6) is 0 Å². The highest BCUT2D eigenvalue weighted by Crippen LogP contribution is 2.45. The maximum atomic E-state index is 12.6. The summed E-state index contributed by atoms with van der Waals surface area (Å²) in [7, 11) is -1.64. The van der Waals surface area contributed by atoms with Gasteiger partial charge in [0.15, 0.2) is 0 Å². The molecule has 0 aromatic heterocycles. The van der Waals surface area contributed by atoms with Gasteiger partial charge < -0.3 is 19.3 Å². The second-order valence-electron chi connectivity index (χ2n) is 10.5. The number of amides is 1. The molecule has 1 spiro atoms. The zero-order chi connectivity index (χ0) is 23.9. The smallest absolute Gasteiger partial charge is 0.410 e. The molecular formula is C25H37N3O5S. The zero-order valence-corrected chi connectivity index (χ0v) is 21.1. The normalized spacial score (nSPS) is 29.2. The van der Waals surface area contributed by atoms with E-state index in [0.717, 1.165) is 57.2 Å². The Balaban J connectivity index is 1.25. The maximum Gasteiger partial charge on any atom is 0.410 e. The first-order valence-electron chi connectivity index (χ1n) is 12.5. The van der Waals surface area contributed by atoms with Gasteiger partial charge in [0.2, 0.25) is 10.0 Å². The fourth-order valence-corrected chi connectivity index (χ4v) is 7.71. The molecular weight excluding hydrogens is 454 g/mol. The van der Waals surface area contributed by atoms with Crippen LogP contribution >= 0.6 is 0 Å². The number of fused-ring (bicyclic) bond motifs is 4. The first-order chi connectivity index (χ1) is 16.3. The lowest BCUT2D eigenvalue weighted by molar-refractivity contribution is 0.0164. The topological polar surface area (TPSA) is 79.4 Å². The fourth-order valence-electron chi connectivity index (χ4n) is 6.85. The van der Waals surface area contributed by atoms with Gasteiger partial charge in [-0.05, 0) is 62.7 Å². The molecule has 3 fully saturated rings. The van der Waals surface area contributed by atoms with Gasteiger partial charge in [-0.15, -0.1) is 0 Å². The van der Waals surface area contributed by atoms with Crippen molar-refractivity contribution in [1.82, 2.24) is 14.1 Å². The van der Waals surface area contributed by atoms with Gasteiger partial charge in [0.25, 0.3) is 0 Å². The molecule has 4 aliphatic rings. The van der Waals surface area contributed by atoms with E-state index in [0.29, 0.717) is 32.3 Å². The number of ether oxygens (including phenoxy) is 2. The molecule has 0 aliphatic carbocycles. The quantitative estimate of drug-likeness (QED) is 0.589. The number of methoxy groups -OCH3 is 1. The predicted octanol–water partition coefficient (Wildman–Crippen LogP) is 2.57. The van der Waals surface area contributed by atoms with E-state index < -0.39 is 10.0 Å². The molecule has 4 heterocycles. The number of sulfonamides is 1. The summed E-state index contributed by atoms with van der Waals surface area (Å²) in [5.41, 5.74) is 2.37. The molecule has 1 aromatic carbocycles. The Morgan fingerprint density at radius 1 is 1.06 bits per heavy atom. The maximum absolute atomic E-state index is 12.6. The van der Waals surface area contributed by atoms with Crippen molar-refractivity contribution in [2.75, 3.05) is 46.2 Å². The lowest BCUT2D eigenvalue weighted by Crippen LogP contribution is -2.57. The molecule has 0 radical (unpaired) electrons. The number of rotatable bonds is 5. The van der Waals surface area contributed by atoms with Crippen molar-refractivity contribution in [3.63, 3.8) is 0 Å². The van der Waals surface area contributed by atoms with Crippen molar-refractivity contribution in [2.45, 2.75) is 68.6 Å². The second kappa shape index (κ2) is 9.41. The van der Waals surface area contributed by atoms with Gasteiger partial charge in [0, 0.05) is 43.7 Å². The van der Waals surface area contributed by atoms with Crippen molar-refractivity contribution in [3.05, 3.63) is 35.4 Å². The van der Waals surface area contributed by atoms with Crippen LogP contribution in [0.4, 0.5) is 4.79 Å². The third-order valence-electron chi connectivity index (χ3n) is 8.59. The molecule has 0 saturated carbocycles. The summed E-state index contributed by atoms with van der Waals surface area (Å²) in [6.45, 7) is 3.71. The minimum Gasteiger partial charge on any atom is -0.447 e. The van der Waals surface area contributed by atoms with Crippen LogP contribution in [0.1, 0.15) is 49.7 Å².